The van der Waals surface area contributed by atoms with Gasteiger partial charge in [-0.25, -0.2) is 4.68 Å². The molecular formula is C23H28N4O. The lowest BCUT2D eigenvalue weighted by atomic mass is 9.71. The monoisotopic (exact) mass is 376 g/mol. The van der Waals surface area contributed by atoms with Gasteiger partial charge in [-0.3, -0.25) is 4.79 Å². The third kappa shape index (κ3) is 3.32. The van der Waals surface area contributed by atoms with E-state index in [4.69, 9.17) is 0 Å². The lowest BCUT2D eigenvalue weighted by molar-refractivity contribution is 0.0916. The molecule has 1 aliphatic carbocycles. The van der Waals surface area contributed by atoms with Gasteiger partial charge in [-0.2, -0.15) is 10.4 Å². The van der Waals surface area contributed by atoms with Crippen molar-refractivity contribution in [2.24, 2.45) is 5.41 Å². The summed E-state index contributed by atoms with van der Waals surface area (Å²) in [6.45, 7) is 4.32. The largest absolute Gasteiger partial charge is 0.363 e. The molecule has 2 aromatic rings. The number of hydrogen-bond donors (Lipinski definition) is 1. The first-order valence-electron chi connectivity index (χ1n) is 10.3. The number of aromatic nitrogens is 2. The van der Waals surface area contributed by atoms with Crippen molar-refractivity contribution in [2.75, 3.05) is 5.32 Å². The van der Waals surface area contributed by atoms with Crippen LogP contribution in [-0.4, -0.2) is 15.6 Å². The first-order valence-corrected chi connectivity index (χ1v) is 10.3. The SMILES string of the molecule is CC1(C)CC(c2ccccc2)Nc2c(C(=O)CC3(C#N)CCCCC3)cnn21. The quantitative estimate of drug-likeness (QED) is 0.743. The summed E-state index contributed by atoms with van der Waals surface area (Å²) in [5.41, 5.74) is 1.13. The summed E-state index contributed by atoms with van der Waals surface area (Å²) in [5.74, 6) is 0.820. The number of Topliss-reactive ketones (excluding diaryl/α,β-unsaturated/α-hetero) is 1. The highest BCUT2D eigenvalue weighted by atomic mass is 16.1. The van der Waals surface area contributed by atoms with Crippen LogP contribution in [0.1, 0.15) is 80.8 Å². The fourth-order valence-corrected chi connectivity index (χ4v) is 4.80. The smallest absolute Gasteiger partial charge is 0.169 e. The fraction of sp³-hybridized carbons (Fsp3) is 0.522. The standard InChI is InChI=1S/C23H28N4O/c1-22(2)13-19(17-9-5-3-6-10-17)26-21-18(15-25-27(21)22)20(28)14-23(16-24)11-7-4-8-12-23/h3,5-6,9-10,15,19,26H,4,7-8,11-14H2,1-2H3. The molecule has 1 fully saturated rings. The summed E-state index contributed by atoms with van der Waals surface area (Å²) >= 11 is 0. The number of carbonyl (C=O) groups is 1. The van der Waals surface area contributed by atoms with Crippen LogP contribution in [-0.2, 0) is 5.54 Å². The van der Waals surface area contributed by atoms with Crippen molar-refractivity contribution in [1.29, 1.82) is 5.26 Å². The van der Waals surface area contributed by atoms with Crippen LogP contribution in [0.2, 0.25) is 0 Å². The minimum atomic E-state index is -0.507. The molecule has 28 heavy (non-hydrogen) atoms. The Kier molecular flexibility index (Phi) is 4.74. The highest BCUT2D eigenvalue weighted by Gasteiger charge is 2.39. The summed E-state index contributed by atoms with van der Waals surface area (Å²) in [5, 5.41) is 17.9. The van der Waals surface area contributed by atoms with Gasteiger partial charge in [0, 0.05) is 6.42 Å². The molecule has 0 spiro atoms. The van der Waals surface area contributed by atoms with Crippen molar-refractivity contribution in [1.82, 2.24) is 9.78 Å². The van der Waals surface area contributed by atoms with E-state index < -0.39 is 5.41 Å². The van der Waals surface area contributed by atoms with E-state index in [-0.39, 0.29) is 17.4 Å². The number of ketones is 1. The lowest BCUT2D eigenvalue weighted by Crippen LogP contribution is -2.38. The van der Waals surface area contributed by atoms with E-state index in [0.717, 1.165) is 44.3 Å². The Hall–Kier alpha value is -2.61. The molecule has 5 heteroatoms. The molecule has 146 valence electrons. The van der Waals surface area contributed by atoms with Crippen LogP contribution in [0.5, 0.6) is 0 Å². The van der Waals surface area contributed by atoms with E-state index in [1.165, 1.54) is 5.56 Å². The molecule has 1 aromatic heterocycles. The molecule has 1 N–H and O–H groups in total. The predicted octanol–water partition coefficient (Wildman–Crippen LogP) is 5.22. The third-order valence-corrected chi connectivity index (χ3v) is 6.41. The minimum absolute atomic E-state index is 0.0294. The zero-order valence-corrected chi connectivity index (χ0v) is 16.7. The molecule has 0 saturated heterocycles. The van der Waals surface area contributed by atoms with Gasteiger partial charge < -0.3 is 5.32 Å². The molecular weight excluding hydrogens is 348 g/mol. The van der Waals surface area contributed by atoms with E-state index in [1.807, 2.05) is 22.9 Å². The van der Waals surface area contributed by atoms with Gasteiger partial charge in [0.1, 0.15) is 5.82 Å². The Bertz CT molecular complexity index is 900. The molecule has 1 aromatic carbocycles. The second-order valence-corrected chi connectivity index (χ2v) is 9.00. The van der Waals surface area contributed by atoms with Crippen molar-refractivity contribution >= 4 is 11.6 Å². The Morgan fingerprint density at radius 3 is 2.64 bits per heavy atom. The van der Waals surface area contributed by atoms with Crippen LogP contribution in [0.25, 0.3) is 0 Å². The molecule has 0 radical (unpaired) electrons. The van der Waals surface area contributed by atoms with Crippen LogP contribution in [0.4, 0.5) is 5.82 Å². The molecule has 4 rings (SSSR count). The van der Waals surface area contributed by atoms with Crippen LogP contribution >= 0.6 is 0 Å². The maximum atomic E-state index is 13.2. The van der Waals surface area contributed by atoms with E-state index in [1.54, 1.807) is 6.20 Å². The number of fused-ring (bicyclic) bond motifs is 1. The maximum Gasteiger partial charge on any atom is 0.169 e. The zero-order chi connectivity index (χ0) is 19.8. The van der Waals surface area contributed by atoms with Gasteiger partial charge in [0.15, 0.2) is 5.78 Å². The molecule has 1 unspecified atom stereocenters. The molecule has 2 aliphatic rings. The van der Waals surface area contributed by atoms with Crippen molar-refractivity contribution in [3.05, 3.63) is 47.7 Å². The summed E-state index contributed by atoms with van der Waals surface area (Å²) in [6.07, 6.45) is 7.75. The first-order chi connectivity index (χ1) is 13.4. The second-order valence-electron chi connectivity index (χ2n) is 9.00. The minimum Gasteiger partial charge on any atom is -0.363 e. The van der Waals surface area contributed by atoms with Crippen LogP contribution < -0.4 is 5.32 Å². The molecule has 5 nitrogen and oxygen atoms in total. The third-order valence-electron chi connectivity index (χ3n) is 6.41. The summed E-state index contributed by atoms with van der Waals surface area (Å²) in [7, 11) is 0. The number of hydrogen-bond acceptors (Lipinski definition) is 4. The predicted molar refractivity (Wildman–Crippen MR) is 109 cm³/mol. The van der Waals surface area contributed by atoms with Crippen LogP contribution in [0.3, 0.4) is 0 Å². The van der Waals surface area contributed by atoms with Gasteiger partial charge in [0.25, 0.3) is 0 Å². The topological polar surface area (TPSA) is 70.7 Å². The number of nitrogens with one attached hydrogen (secondary N) is 1. The molecule has 1 aliphatic heterocycles. The molecule has 1 saturated carbocycles. The number of anilines is 1. The molecule has 1 atom stereocenters. The van der Waals surface area contributed by atoms with Gasteiger partial charge >= 0.3 is 0 Å². The lowest BCUT2D eigenvalue weighted by Gasteiger charge is -2.38. The average Bonchev–Trinajstić information content (AvgIpc) is 3.14. The van der Waals surface area contributed by atoms with Crippen molar-refractivity contribution in [2.45, 2.75) is 70.4 Å². The first kappa shape index (κ1) is 18.7. The summed E-state index contributed by atoms with van der Waals surface area (Å²) in [6, 6.07) is 12.9. The average molecular weight is 377 g/mol. The Balaban J connectivity index is 1.64. The van der Waals surface area contributed by atoms with Gasteiger partial charge in [-0.1, -0.05) is 49.6 Å². The highest BCUT2D eigenvalue weighted by molar-refractivity contribution is 6.01. The molecule has 0 amide bonds. The maximum absolute atomic E-state index is 13.2. The van der Waals surface area contributed by atoms with Crippen molar-refractivity contribution in [3.8, 4) is 6.07 Å². The molecule has 0 bridgehead atoms. The van der Waals surface area contributed by atoms with Gasteiger partial charge in [-0.05, 0) is 38.7 Å². The molecule has 2 heterocycles. The van der Waals surface area contributed by atoms with E-state index in [0.29, 0.717) is 12.0 Å². The number of carbonyl (C=O) groups excluding carboxylic acids is 1. The Morgan fingerprint density at radius 2 is 1.96 bits per heavy atom. The van der Waals surface area contributed by atoms with E-state index in [9.17, 15) is 10.1 Å². The normalized spacial score (nSPS) is 22.5. The van der Waals surface area contributed by atoms with Gasteiger partial charge in [0.2, 0.25) is 0 Å². The zero-order valence-electron chi connectivity index (χ0n) is 16.7. The Labute approximate surface area is 166 Å². The number of rotatable bonds is 4. The van der Waals surface area contributed by atoms with Gasteiger partial charge in [-0.15, -0.1) is 0 Å². The van der Waals surface area contributed by atoms with Crippen molar-refractivity contribution < 1.29 is 4.79 Å². The van der Waals surface area contributed by atoms with E-state index in [2.05, 4.69) is 42.5 Å². The second kappa shape index (κ2) is 7.09. The van der Waals surface area contributed by atoms with Crippen LogP contribution in [0.15, 0.2) is 36.5 Å². The van der Waals surface area contributed by atoms with Crippen LogP contribution in [0, 0.1) is 16.7 Å². The summed E-state index contributed by atoms with van der Waals surface area (Å²) < 4.78 is 1.94. The van der Waals surface area contributed by atoms with E-state index >= 15 is 0 Å². The number of benzene rings is 1. The Morgan fingerprint density at radius 1 is 1.25 bits per heavy atom. The number of nitriles is 1. The highest BCUT2D eigenvalue weighted by Crippen LogP contribution is 2.43. The van der Waals surface area contributed by atoms with Crippen molar-refractivity contribution in [3.63, 3.8) is 0 Å². The fourth-order valence-electron chi connectivity index (χ4n) is 4.80. The summed E-state index contributed by atoms with van der Waals surface area (Å²) in [4.78, 5) is 13.2. The van der Waals surface area contributed by atoms with Gasteiger partial charge in [0.05, 0.1) is 34.8 Å². The number of nitrogens with zero attached hydrogens (tertiary/aromatic N) is 3.